The summed E-state index contributed by atoms with van der Waals surface area (Å²) < 4.78 is 11.5. The Balaban J connectivity index is 1.58. The molecule has 4 aromatic rings. The lowest BCUT2D eigenvalue weighted by Crippen LogP contribution is -2.37. The van der Waals surface area contributed by atoms with Gasteiger partial charge < -0.3 is 14.6 Å². The third-order valence-electron chi connectivity index (χ3n) is 5.30. The fourth-order valence-corrected chi connectivity index (χ4v) is 3.91. The van der Waals surface area contributed by atoms with Crippen LogP contribution in [0.15, 0.2) is 34.0 Å². The molecule has 0 spiro atoms. The van der Waals surface area contributed by atoms with Gasteiger partial charge in [-0.2, -0.15) is 4.98 Å². The number of halogens is 1. The molecule has 0 aliphatic carbocycles. The number of anilines is 1. The lowest BCUT2D eigenvalue weighted by molar-refractivity contribution is 0.415. The van der Waals surface area contributed by atoms with Crippen LogP contribution in [-0.2, 0) is 20.6 Å². The molecule has 1 N–H and O–H groups in total. The second-order valence-electron chi connectivity index (χ2n) is 7.21. The third kappa shape index (κ3) is 3.15. The Morgan fingerprint density at radius 2 is 1.97 bits per heavy atom. The molecule has 0 aliphatic heterocycles. The Kier molecular flexibility index (Phi) is 5.07. The van der Waals surface area contributed by atoms with Crippen molar-refractivity contribution in [1.29, 1.82) is 0 Å². The van der Waals surface area contributed by atoms with E-state index in [0.717, 1.165) is 28.9 Å². The van der Waals surface area contributed by atoms with E-state index in [1.54, 1.807) is 18.6 Å². The van der Waals surface area contributed by atoms with Gasteiger partial charge in [-0.15, -0.1) is 0 Å². The summed E-state index contributed by atoms with van der Waals surface area (Å²) in [6.07, 6.45) is 2.71. The number of hydrogen-bond acceptors (Lipinski definition) is 5. The summed E-state index contributed by atoms with van der Waals surface area (Å²) in [6, 6.07) is 5.57. The van der Waals surface area contributed by atoms with Crippen molar-refractivity contribution in [2.24, 2.45) is 14.1 Å². The van der Waals surface area contributed by atoms with Crippen LogP contribution >= 0.6 is 11.6 Å². The van der Waals surface area contributed by atoms with E-state index in [1.807, 2.05) is 35.9 Å². The highest BCUT2D eigenvalue weighted by Gasteiger charge is 2.18. The standard InChI is InChI=1S/C20H23ClN6O3/c1-12-11-27-16-17(24(2)20(29)25(3)18(16)28)23-19(27)26(12)9-5-8-22-13-6-7-15(30-4)14(21)10-13/h6-7,10-11,22H,5,8-9H2,1-4H3. The first kappa shape index (κ1) is 20.1. The van der Waals surface area contributed by atoms with Gasteiger partial charge in [0.05, 0.1) is 12.1 Å². The molecule has 158 valence electrons. The molecule has 0 bridgehead atoms. The molecule has 30 heavy (non-hydrogen) atoms. The zero-order chi connectivity index (χ0) is 21.6. The fraction of sp³-hybridized carbons (Fsp3) is 0.350. The highest BCUT2D eigenvalue weighted by atomic mass is 35.5. The molecule has 0 fully saturated rings. The Labute approximate surface area is 177 Å². The van der Waals surface area contributed by atoms with Gasteiger partial charge in [0.2, 0.25) is 5.78 Å². The minimum absolute atomic E-state index is 0.351. The molecule has 0 radical (unpaired) electrons. The van der Waals surface area contributed by atoms with Crippen molar-refractivity contribution >= 4 is 34.2 Å². The van der Waals surface area contributed by atoms with Gasteiger partial charge in [0.25, 0.3) is 5.56 Å². The predicted octanol–water partition coefficient (Wildman–Crippen LogP) is 2.16. The number of aromatic nitrogens is 5. The molecule has 0 saturated carbocycles. The van der Waals surface area contributed by atoms with Crippen LogP contribution in [-0.4, -0.2) is 36.7 Å². The maximum absolute atomic E-state index is 12.6. The van der Waals surface area contributed by atoms with Crippen LogP contribution < -0.4 is 21.3 Å². The van der Waals surface area contributed by atoms with Crippen molar-refractivity contribution in [3.05, 3.63) is 56.0 Å². The van der Waals surface area contributed by atoms with Crippen molar-refractivity contribution < 1.29 is 4.74 Å². The van der Waals surface area contributed by atoms with Crippen molar-refractivity contribution in [1.82, 2.24) is 23.1 Å². The van der Waals surface area contributed by atoms with Gasteiger partial charge >= 0.3 is 5.69 Å². The van der Waals surface area contributed by atoms with Crippen LogP contribution in [0.4, 0.5) is 5.69 Å². The molecule has 0 amide bonds. The summed E-state index contributed by atoms with van der Waals surface area (Å²) in [7, 11) is 4.68. The maximum Gasteiger partial charge on any atom is 0.332 e. The van der Waals surface area contributed by atoms with Gasteiger partial charge in [0.15, 0.2) is 11.2 Å². The van der Waals surface area contributed by atoms with Gasteiger partial charge in [0.1, 0.15) is 5.75 Å². The fourth-order valence-electron chi connectivity index (χ4n) is 3.65. The number of ether oxygens (including phenoxy) is 1. The minimum atomic E-state index is -0.390. The molecular formula is C20H23ClN6O3. The van der Waals surface area contributed by atoms with E-state index in [4.69, 9.17) is 16.3 Å². The molecule has 9 nitrogen and oxygen atoms in total. The number of rotatable bonds is 6. The van der Waals surface area contributed by atoms with Crippen LogP contribution in [0.2, 0.25) is 5.02 Å². The molecule has 1 aromatic carbocycles. The van der Waals surface area contributed by atoms with Gasteiger partial charge in [0, 0.05) is 44.8 Å². The van der Waals surface area contributed by atoms with Crippen LogP contribution in [0, 0.1) is 6.92 Å². The number of methoxy groups -OCH3 is 1. The van der Waals surface area contributed by atoms with Crippen LogP contribution in [0.3, 0.4) is 0 Å². The largest absolute Gasteiger partial charge is 0.495 e. The van der Waals surface area contributed by atoms with E-state index in [2.05, 4.69) is 10.3 Å². The zero-order valence-corrected chi connectivity index (χ0v) is 18.0. The number of nitrogens with one attached hydrogen (secondary N) is 1. The molecule has 0 unspecified atom stereocenters. The lowest BCUT2D eigenvalue weighted by Gasteiger charge is -2.10. The first-order valence-electron chi connectivity index (χ1n) is 9.54. The van der Waals surface area contributed by atoms with Crippen LogP contribution in [0.1, 0.15) is 12.1 Å². The van der Waals surface area contributed by atoms with Crippen LogP contribution in [0.25, 0.3) is 16.9 Å². The second kappa shape index (κ2) is 7.56. The van der Waals surface area contributed by atoms with Crippen molar-refractivity contribution in [3.63, 3.8) is 0 Å². The lowest BCUT2D eigenvalue weighted by atomic mass is 10.3. The average molecular weight is 431 g/mol. The van der Waals surface area contributed by atoms with Gasteiger partial charge in [-0.3, -0.25) is 18.3 Å². The number of nitrogens with zero attached hydrogens (tertiary/aromatic N) is 5. The SMILES string of the molecule is COc1ccc(NCCCn2c(C)cn3c4c(=O)n(C)c(=O)n(C)c4nc23)cc1Cl. The monoisotopic (exact) mass is 430 g/mol. The quantitative estimate of drug-likeness (QED) is 0.474. The second-order valence-corrected chi connectivity index (χ2v) is 7.62. The first-order valence-corrected chi connectivity index (χ1v) is 9.92. The minimum Gasteiger partial charge on any atom is -0.495 e. The van der Waals surface area contributed by atoms with Gasteiger partial charge in [-0.25, -0.2) is 4.79 Å². The molecule has 3 aromatic heterocycles. The van der Waals surface area contributed by atoms with E-state index in [-0.39, 0.29) is 11.2 Å². The summed E-state index contributed by atoms with van der Waals surface area (Å²) in [5, 5.41) is 3.90. The Bertz CT molecular complexity index is 1380. The Hall–Kier alpha value is -3.20. The highest BCUT2D eigenvalue weighted by Crippen LogP contribution is 2.27. The molecule has 10 heteroatoms. The van der Waals surface area contributed by atoms with Crippen molar-refractivity contribution in [2.75, 3.05) is 19.0 Å². The van der Waals surface area contributed by atoms with E-state index >= 15 is 0 Å². The number of hydrogen-bond donors (Lipinski definition) is 1. The Morgan fingerprint density at radius 1 is 1.20 bits per heavy atom. The summed E-state index contributed by atoms with van der Waals surface area (Å²) in [6.45, 7) is 3.41. The molecular weight excluding hydrogens is 408 g/mol. The molecule has 0 atom stereocenters. The number of fused-ring (bicyclic) bond motifs is 3. The topological polar surface area (TPSA) is 87.5 Å². The molecule has 4 rings (SSSR count). The van der Waals surface area contributed by atoms with Crippen molar-refractivity contribution in [3.8, 4) is 5.75 Å². The third-order valence-corrected chi connectivity index (χ3v) is 5.59. The van der Waals surface area contributed by atoms with Crippen LogP contribution in [0.5, 0.6) is 5.75 Å². The number of imidazole rings is 2. The summed E-state index contributed by atoms with van der Waals surface area (Å²) in [5.74, 6) is 1.28. The molecule has 0 aliphatic rings. The van der Waals surface area contributed by atoms with E-state index < -0.39 is 0 Å². The molecule has 3 heterocycles. The number of benzene rings is 1. The number of aryl methyl sites for hydroxylation is 3. The van der Waals surface area contributed by atoms with E-state index in [0.29, 0.717) is 34.3 Å². The summed E-state index contributed by atoms with van der Waals surface area (Å²) >= 11 is 6.16. The predicted molar refractivity (Wildman–Crippen MR) is 117 cm³/mol. The smallest absolute Gasteiger partial charge is 0.332 e. The average Bonchev–Trinajstić information content (AvgIpc) is 3.23. The zero-order valence-electron chi connectivity index (χ0n) is 17.3. The van der Waals surface area contributed by atoms with Gasteiger partial charge in [-0.05, 0) is 31.5 Å². The van der Waals surface area contributed by atoms with Gasteiger partial charge in [-0.1, -0.05) is 11.6 Å². The normalized spacial score (nSPS) is 11.5. The van der Waals surface area contributed by atoms with Crippen molar-refractivity contribution in [2.45, 2.75) is 19.9 Å². The molecule has 0 saturated heterocycles. The summed E-state index contributed by atoms with van der Waals surface area (Å²) in [4.78, 5) is 29.4. The Morgan fingerprint density at radius 3 is 2.67 bits per heavy atom. The summed E-state index contributed by atoms with van der Waals surface area (Å²) in [5.41, 5.74) is 1.96. The van der Waals surface area contributed by atoms with E-state index in [9.17, 15) is 9.59 Å². The first-order chi connectivity index (χ1) is 14.3. The van der Waals surface area contributed by atoms with E-state index in [1.165, 1.54) is 11.6 Å². The highest BCUT2D eigenvalue weighted by molar-refractivity contribution is 6.32. The maximum atomic E-state index is 12.6.